The summed E-state index contributed by atoms with van der Waals surface area (Å²) in [6.07, 6.45) is 7.37. The van der Waals surface area contributed by atoms with E-state index < -0.39 is 21.6 Å². The molecule has 0 amide bonds. The molecule has 4 heteroatoms. The number of ketones is 2. The number of carbonyl (C=O) groups is 2. The molecule has 96 valence electrons. The fraction of sp³-hybridized carbons (Fsp3) is 0.571. The number of alkyl halides is 2. The third kappa shape index (κ3) is 1.12. The molecule has 0 saturated heterocycles. The zero-order valence-corrected chi connectivity index (χ0v) is 11.7. The summed E-state index contributed by atoms with van der Waals surface area (Å²) in [6, 6.07) is 0. The van der Waals surface area contributed by atoms with Gasteiger partial charge in [0.15, 0.2) is 11.6 Å². The van der Waals surface area contributed by atoms with Crippen molar-refractivity contribution < 1.29 is 9.59 Å². The largest absolute Gasteiger partial charge is 0.297 e. The quantitative estimate of drug-likeness (QED) is 0.577. The highest BCUT2D eigenvalue weighted by atomic mass is 35.5. The Hall–Kier alpha value is -0.600. The molecule has 3 aliphatic carbocycles. The van der Waals surface area contributed by atoms with Gasteiger partial charge in [-0.15, -0.1) is 23.2 Å². The molecular weight excluding hydrogens is 271 g/mol. The Kier molecular flexibility index (Phi) is 2.41. The minimum Gasteiger partial charge on any atom is -0.297 e. The Morgan fingerprint density at radius 3 is 1.50 bits per heavy atom. The molecule has 2 nitrogen and oxygen atoms in total. The molecule has 3 saturated carbocycles. The van der Waals surface area contributed by atoms with E-state index in [1.54, 1.807) is 0 Å². The molecule has 0 aromatic carbocycles. The highest BCUT2D eigenvalue weighted by Gasteiger charge is 2.87. The second kappa shape index (κ2) is 3.49. The predicted molar refractivity (Wildman–Crippen MR) is 70.8 cm³/mol. The molecule has 0 spiro atoms. The van der Waals surface area contributed by atoms with Crippen molar-refractivity contribution >= 4 is 34.8 Å². The molecule has 0 aromatic rings. The van der Waals surface area contributed by atoms with Gasteiger partial charge >= 0.3 is 0 Å². The molecule has 0 bridgehead atoms. The molecule has 3 rings (SSSR count). The van der Waals surface area contributed by atoms with Crippen LogP contribution in [0.5, 0.6) is 0 Å². The van der Waals surface area contributed by atoms with Crippen LogP contribution < -0.4 is 0 Å². The monoisotopic (exact) mass is 284 g/mol. The highest BCUT2D eigenvalue weighted by Crippen LogP contribution is 2.73. The Bertz CT molecular complexity index is 464. The van der Waals surface area contributed by atoms with Crippen LogP contribution in [-0.2, 0) is 9.59 Å². The van der Waals surface area contributed by atoms with Crippen LogP contribution in [0.3, 0.4) is 0 Å². The highest BCUT2D eigenvalue weighted by molar-refractivity contribution is 6.51. The molecule has 0 aromatic heterocycles. The second-order valence-electron chi connectivity index (χ2n) is 5.32. The van der Waals surface area contributed by atoms with E-state index in [0.29, 0.717) is 0 Å². The van der Waals surface area contributed by atoms with Crippen molar-refractivity contribution in [1.29, 1.82) is 0 Å². The van der Waals surface area contributed by atoms with Crippen molar-refractivity contribution in [3.05, 3.63) is 24.3 Å². The van der Waals surface area contributed by atoms with Crippen LogP contribution in [0.4, 0.5) is 0 Å². The van der Waals surface area contributed by atoms with Gasteiger partial charge in [-0.2, -0.15) is 0 Å². The number of allylic oxidation sites excluding steroid dienone is 4. The van der Waals surface area contributed by atoms with E-state index in [4.69, 9.17) is 23.2 Å². The van der Waals surface area contributed by atoms with E-state index >= 15 is 0 Å². The van der Waals surface area contributed by atoms with Gasteiger partial charge < -0.3 is 0 Å². The fourth-order valence-electron chi connectivity index (χ4n) is 3.50. The summed E-state index contributed by atoms with van der Waals surface area (Å²) in [7, 11) is 0. The molecule has 6 atom stereocenters. The van der Waals surface area contributed by atoms with Gasteiger partial charge in [0.1, 0.15) is 9.75 Å². The first kappa shape index (κ1) is 12.4. The van der Waals surface area contributed by atoms with Crippen LogP contribution >= 0.6 is 23.2 Å². The topological polar surface area (TPSA) is 34.1 Å². The predicted octanol–water partition coefficient (Wildman–Crippen LogP) is 2.74. The number of Topliss-reactive ketones (excluding diaryl/α,β-unsaturated/α-hetero) is 2. The number of carbonyl (C=O) groups excluding carboxylic acids is 2. The van der Waals surface area contributed by atoms with E-state index in [2.05, 4.69) is 0 Å². The van der Waals surface area contributed by atoms with Crippen LogP contribution in [0.1, 0.15) is 13.8 Å². The van der Waals surface area contributed by atoms with Gasteiger partial charge in [-0.1, -0.05) is 24.3 Å². The molecule has 18 heavy (non-hydrogen) atoms. The number of fused-ring (bicyclic) bond motifs is 2. The summed E-state index contributed by atoms with van der Waals surface area (Å²) >= 11 is 12.8. The second-order valence-corrected chi connectivity index (χ2v) is 6.57. The average Bonchev–Trinajstić information content (AvgIpc) is 3.13. The maximum atomic E-state index is 12.4. The number of rotatable bonds is 2. The van der Waals surface area contributed by atoms with Crippen molar-refractivity contribution in [2.24, 2.45) is 23.7 Å². The summed E-state index contributed by atoms with van der Waals surface area (Å²) in [4.78, 5) is 22.8. The van der Waals surface area contributed by atoms with Gasteiger partial charge in [-0.05, 0) is 13.8 Å². The summed E-state index contributed by atoms with van der Waals surface area (Å²) in [5.74, 6) is -1.28. The molecular formula is C14H14Cl2O2. The van der Waals surface area contributed by atoms with E-state index in [0.717, 1.165) is 0 Å². The van der Waals surface area contributed by atoms with Crippen molar-refractivity contribution in [2.45, 2.75) is 23.6 Å². The first-order chi connectivity index (χ1) is 8.45. The molecule has 3 fully saturated rings. The minimum atomic E-state index is -1.01. The van der Waals surface area contributed by atoms with Crippen LogP contribution in [0.2, 0.25) is 0 Å². The normalized spacial score (nSPS) is 53.8. The summed E-state index contributed by atoms with van der Waals surface area (Å²) in [6.45, 7) is 3.72. The zero-order valence-electron chi connectivity index (χ0n) is 10.2. The number of hydrogen-bond acceptors (Lipinski definition) is 2. The number of hydrogen-bond donors (Lipinski definition) is 0. The lowest BCUT2D eigenvalue weighted by atomic mass is 9.97. The van der Waals surface area contributed by atoms with Gasteiger partial charge in [0.2, 0.25) is 0 Å². The fourth-order valence-corrected chi connectivity index (χ4v) is 4.48. The lowest BCUT2D eigenvalue weighted by Gasteiger charge is -2.16. The van der Waals surface area contributed by atoms with Gasteiger partial charge in [0, 0.05) is 11.8 Å². The number of halogens is 2. The molecule has 3 aliphatic rings. The standard InChI is InChI=1S/C14H14Cl2O2/c1-3-5-7-9-11(17)14(16)8(6-4-2)10(14)12(18)13(7,9)15/h3-10H,1-2H3/b5-3+,6-4+. The van der Waals surface area contributed by atoms with Gasteiger partial charge in [0.25, 0.3) is 0 Å². The molecule has 6 unspecified atom stereocenters. The molecule has 0 N–H and O–H groups in total. The smallest absolute Gasteiger partial charge is 0.161 e. The molecule has 0 aliphatic heterocycles. The minimum absolute atomic E-state index is 0.0463. The first-order valence-corrected chi connectivity index (χ1v) is 6.93. The van der Waals surface area contributed by atoms with Crippen molar-refractivity contribution in [1.82, 2.24) is 0 Å². The van der Waals surface area contributed by atoms with Crippen LogP contribution in [-0.4, -0.2) is 21.3 Å². The van der Waals surface area contributed by atoms with Gasteiger partial charge in [-0.3, -0.25) is 9.59 Å². The Morgan fingerprint density at radius 2 is 1.22 bits per heavy atom. The zero-order chi connectivity index (χ0) is 13.3. The third-order valence-electron chi connectivity index (χ3n) is 4.50. The van der Waals surface area contributed by atoms with E-state index in [1.807, 2.05) is 38.2 Å². The summed E-state index contributed by atoms with van der Waals surface area (Å²) < 4.78 is 0. The summed E-state index contributed by atoms with van der Waals surface area (Å²) in [5, 5.41) is 0. The average molecular weight is 285 g/mol. The first-order valence-electron chi connectivity index (χ1n) is 6.17. The Balaban J connectivity index is 1.99. The van der Waals surface area contributed by atoms with E-state index in [-0.39, 0.29) is 23.4 Å². The Labute approximate surface area is 116 Å². The van der Waals surface area contributed by atoms with E-state index in [1.165, 1.54) is 0 Å². The van der Waals surface area contributed by atoms with Crippen molar-refractivity contribution in [2.75, 3.05) is 0 Å². The van der Waals surface area contributed by atoms with Crippen LogP contribution in [0.25, 0.3) is 0 Å². The lowest BCUT2D eigenvalue weighted by molar-refractivity contribution is -0.129. The SMILES string of the molecule is C/C=C/C1C2C(=O)C3(Cl)C(/C=C/C)C3C(=O)C12Cl. The molecule has 0 radical (unpaired) electrons. The third-order valence-corrected chi connectivity index (χ3v) is 5.84. The lowest BCUT2D eigenvalue weighted by Crippen LogP contribution is -2.37. The summed E-state index contributed by atoms with van der Waals surface area (Å²) in [5.41, 5.74) is 0. The van der Waals surface area contributed by atoms with Crippen LogP contribution in [0.15, 0.2) is 24.3 Å². The molecule has 0 heterocycles. The maximum absolute atomic E-state index is 12.4. The van der Waals surface area contributed by atoms with Crippen LogP contribution in [0, 0.1) is 23.7 Å². The van der Waals surface area contributed by atoms with Crippen molar-refractivity contribution in [3.8, 4) is 0 Å². The van der Waals surface area contributed by atoms with E-state index in [9.17, 15) is 9.59 Å². The maximum Gasteiger partial charge on any atom is 0.161 e. The van der Waals surface area contributed by atoms with Crippen molar-refractivity contribution in [3.63, 3.8) is 0 Å². The van der Waals surface area contributed by atoms with Gasteiger partial charge in [-0.25, -0.2) is 0 Å². The van der Waals surface area contributed by atoms with Gasteiger partial charge in [0.05, 0.1) is 11.8 Å². The Morgan fingerprint density at radius 1 is 0.889 bits per heavy atom.